The second-order valence-electron chi connectivity index (χ2n) is 6.91. The predicted molar refractivity (Wildman–Crippen MR) is 122 cm³/mol. The second kappa shape index (κ2) is 12.5. The van der Waals surface area contributed by atoms with Crippen molar-refractivity contribution in [1.82, 2.24) is 5.32 Å². The molecule has 0 spiro atoms. The van der Waals surface area contributed by atoms with E-state index in [2.05, 4.69) is 33.5 Å². The van der Waals surface area contributed by atoms with Crippen LogP contribution in [0.3, 0.4) is 0 Å². The van der Waals surface area contributed by atoms with E-state index in [9.17, 15) is 4.79 Å². The molecule has 0 radical (unpaired) electrons. The van der Waals surface area contributed by atoms with Crippen molar-refractivity contribution in [2.45, 2.75) is 46.6 Å². The maximum absolute atomic E-state index is 12.2. The predicted octanol–water partition coefficient (Wildman–Crippen LogP) is 5.45. The maximum Gasteiger partial charge on any atom is 0.262 e. The number of benzene rings is 2. The van der Waals surface area contributed by atoms with E-state index in [4.69, 9.17) is 9.47 Å². The van der Waals surface area contributed by atoms with Crippen LogP contribution in [0.4, 0.5) is 5.69 Å². The van der Waals surface area contributed by atoms with Crippen LogP contribution in [0, 0.1) is 6.92 Å². The topological polar surface area (TPSA) is 59.6 Å². The van der Waals surface area contributed by atoms with E-state index in [0.29, 0.717) is 18.1 Å². The number of halogens is 1. The highest BCUT2D eigenvalue weighted by molar-refractivity contribution is 9.10. The van der Waals surface area contributed by atoms with Crippen LogP contribution in [0.25, 0.3) is 0 Å². The van der Waals surface area contributed by atoms with Crippen LogP contribution in [0.1, 0.15) is 44.2 Å². The van der Waals surface area contributed by atoms with Crippen LogP contribution in [0.2, 0.25) is 0 Å². The number of hydrogen-bond acceptors (Lipinski definition) is 4. The van der Waals surface area contributed by atoms with Gasteiger partial charge in [0.25, 0.3) is 5.91 Å². The number of carbonyl (C=O) groups excluding carboxylic acids is 1. The van der Waals surface area contributed by atoms with Crippen molar-refractivity contribution in [3.8, 4) is 11.5 Å². The van der Waals surface area contributed by atoms with Gasteiger partial charge in [0.05, 0.1) is 6.61 Å². The number of nitrogens with one attached hydrogen (secondary N) is 2. The lowest BCUT2D eigenvalue weighted by atomic mass is 10.2. The van der Waals surface area contributed by atoms with Gasteiger partial charge in [0.1, 0.15) is 0 Å². The number of hydrogen-bond donors (Lipinski definition) is 2. The molecule has 2 aromatic rings. The smallest absolute Gasteiger partial charge is 0.262 e. The van der Waals surface area contributed by atoms with E-state index in [-0.39, 0.29) is 12.5 Å². The highest BCUT2D eigenvalue weighted by Gasteiger charge is 2.13. The zero-order chi connectivity index (χ0) is 21.1. The molecule has 2 N–H and O–H groups in total. The first kappa shape index (κ1) is 23.2. The van der Waals surface area contributed by atoms with Gasteiger partial charge in [0.15, 0.2) is 18.1 Å². The fourth-order valence-electron chi connectivity index (χ4n) is 2.79. The van der Waals surface area contributed by atoms with Crippen LogP contribution in [0.15, 0.2) is 40.9 Å². The zero-order valence-corrected chi connectivity index (χ0v) is 19.1. The van der Waals surface area contributed by atoms with Crippen molar-refractivity contribution in [3.05, 3.63) is 52.0 Å². The first-order chi connectivity index (χ1) is 14.0. The van der Waals surface area contributed by atoms with E-state index in [1.807, 2.05) is 50.2 Å². The molecule has 6 heteroatoms. The molecule has 0 atom stereocenters. The number of aryl methyl sites for hydroxylation is 1. The summed E-state index contributed by atoms with van der Waals surface area (Å²) in [5.41, 5.74) is 2.99. The minimum absolute atomic E-state index is 0.0883. The summed E-state index contributed by atoms with van der Waals surface area (Å²) < 4.78 is 12.4. The summed E-state index contributed by atoms with van der Waals surface area (Å²) in [6.07, 6.45) is 3.61. The van der Waals surface area contributed by atoms with Gasteiger partial charge in [-0.2, -0.15) is 0 Å². The van der Waals surface area contributed by atoms with Gasteiger partial charge in [0.2, 0.25) is 0 Å². The Balaban J connectivity index is 1.96. The Kier molecular flexibility index (Phi) is 10.0. The minimum atomic E-state index is -0.214. The lowest BCUT2D eigenvalue weighted by Crippen LogP contribution is -2.20. The maximum atomic E-state index is 12.2. The van der Waals surface area contributed by atoms with E-state index in [1.165, 1.54) is 19.3 Å². The average molecular weight is 463 g/mol. The lowest BCUT2D eigenvalue weighted by Gasteiger charge is -2.15. The highest BCUT2D eigenvalue weighted by atomic mass is 79.9. The van der Waals surface area contributed by atoms with Gasteiger partial charge in [-0.3, -0.25) is 4.79 Å². The Morgan fingerprint density at radius 3 is 2.45 bits per heavy atom. The highest BCUT2D eigenvalue weighted by Crippen LogP contribution is 2.34. The third-order valence-corrected chi connectivity index (χ3v) is 5.12. The number of amides is 1. The van der Waals surface area contributed by atoms with Crippen molar-refractivity contribution in [1.29, 1.82) is 0 Å². The van der Waals surface area contributed by atoms with Gasteiger partial charge in [-0.1, -0.05) is 53.4 Å². The quantitative estimate of drug-likeness (QED) is 0.411. The second-order valence-corrected chi connectivity index (χ2v) is 7.76. The molecule has 158 valence electrons. The van der Waals surface area contributed by atoms with Gasteiger partial charge in [0, 0.05) is 16.7 Å². The van der Waals surface area contributed by atoms with Crippen molar-refractivity contribution in [3.63, 3.8) is 0 Å². The third-order valence-electron chi connectivity index (χ3n) is 4.38. The molecule has 0 unspecified atom stereocenters. The SMILES string of the molecule is CCCCCNCc1cc(OCC)c(OCC(=O)Nc2ccc(C)cc2)cc1Br. The minimum Gasteiger partial charge on any atom is -0.490 e. The summed E-state index contributed by atoms with van der Waals surface area (Å²) in [6.45, 7) is 8.31. The van der Waals surface area contributed by atoms with Gasteiger partial charge >= 0.3 is 0 Å². The van der Waals surface area contributed by atoms with Gasteiger partial charge in [-0.25, -0.2) is 0 Å². The van der Waals surface area contributed by atoms with Crippen LogP contribution < -0.4 is 20.1 Å². The molecule has 0 aliphatic carbocycles. The van der Waals surface area contributed by atoms with Gasteiger partial charge in [-0.15, -0.1) is 0 Å². The molecule has 0 heterocycles. The van der Waals surface area contributed by atoms with Crippen LogP contribution in [-0.2, 0) is 11.3 Å². The molecule has 0 aliphatic rings. The fraction of sp³-hybridized carbons (Fsp3) is 0.435. The first-order valence-electron chi connectivity index (χ1n) is 10.2. The first-order valence-corrected chi connectivity index (χ1v) is 11.0. The number of unbranched alkanes of at least 4 members (excludes halogenated alkanes) is 2. The molecule has 1 amide bonds. The summed E-state index contributed by atoms with van der Waals surface area (Å²) in [4.78, 5) is 12.2. The number of carbonyl (C=O) groups is 1. The number of rotatable bonds is 12. The molecule has 5 nitrogen and oxygen atoms in total. The molecule has 2 aromatic carbocycles. The van der Waals surface area contributed by atoms with Crippen molar-refractivity contribution in [2.75, 3.05) is 25.1 Å². The molecule has 29 heavy (non-hydrogen) atoms. The third kappa shape index (κ3) is 8.07. The van der Waals surface area contributed by atoms with Gasteiger partial charge in [-0.05, 0) is 56.6 Å². The standard InChI is InChI=1S/C23H31BrN2O3/c1-4-6-7-12-25-15-18-13-21(28-5-2)22(14-20(18)24)29-16-23(27)26-19-10-8-17(3)9-11-19/h8-11,13-14,25H,4-7,12,15-16H2,1-3H3,(H,26,27). The molecular formula is C23H31BrN2O3. The van der Waals surface area contributed by atoms with Crippen LogP contribution in [-0.4, -0.2) is 25.7 Å². The summed E-state index contributed by atoms with van der Waals surface area (Å²) in [6, 6.07) is 11.5. The Morgan fingerprint density at radius 2 is 1.76 bits per heavy atom. The molecule has 0 fully saturated rings. The van der Waals surface area contributed by atoms with Crippen molar-refractivity contribution >= 4 is 27.5 Å². The van der Waals surface area contributed by atoms with Gasteiger partial charge < -0.3 is 20.1 Å². The Bertz CT molecular complexity index is 778. The Labute approximate surface area is 182 Å². The molecular weight excluding hydrogens is 432 g/mol. The summed E-state index contributed by atoms with van der Waals surface area (Å²) in [5, 5.41) is 6.29. The van der Waals surface area contributed by atoms with E-state index in [1.54, 1.807) is 0 Å². The Hall–Kier alpha value is -2.05. The van der Waals surface area contributed by atoms with Crippen LogP contribution >= 0.6 is 15.9 Å². The molecule has 2 rings (SSSR count). The normalized spacial score (nSPS) is 10.6. The van der Waals surface area contributed by atoms with Crippen LogP contribution in [0.5, 0.6) is 11.5 Å². The summed E-state index contributed by atoms with van der Waals surface area (Å²) >= 11 is 3.61. The summed E-state index contributed by atoms with van der Waals surface area (Å²) in [7, 11) is 0. The van der Waals surface area contributed by atoms with E-state index >= 15 is 0 Å². The zero-order valence-electron chi connectivity index (χ0n) is 17.5. The largest absolute Gasteiger partial charge is 0.490 e. The molecule has 0 bridgehead atoms. The molecule has 0 saturated heterocycles. The monoisotopic (exact) mass is 462 g/mol. The lowest BCUT2D eigenvalue weighted by molar-refractivity contribution is -0.118. The fourth-order valence-corrected chi connectivity index (χ4v) is 3.26. The number of anilines is 1. The summed E-state index contributed by atoms with van der Waals surface area (Å²) in [5.74, 6) is 0.978. The molecule has 0 aromatic heterocycles. The average Bonchev–Trinajstić information content (AvgIpc) is 2.70. The molecule has 0 aliphatic heterocycles. The van der Waals surface area contributed by atoms with Crippen molar-refractivity contribution in [2.24, 2.45) is 0 Å². The van der Waals surface area contributed by atoms with E-state index < -0.39 is 0 Å². The van der Waals surface area contributed by atoms with Crippen molar-refractivity contribution < 1.29 is 14.3 Å². The molecule has 0 saturated carbocycles. The number of ether oxygens (including phenoxy) is 2. The Morgan fingerprint density at radius 1 is 1.03 bits per heavy atom. The van der Waals surface area contributed by atoms with E-state index in [0.717, 1.165) is 34.4 Å².